The first-order chi connectivity index (χ1) is 20.2. The molecule has 3 amide bonds. The van der Waals surface area contributed by atoms with Crippen molar-refractivity contribution in [1.29, 1.82) is 0 Å². The molecule has 1 aliphatic rings. The summed E-state index contributed by atoms with van der Waals surface area (Å²) in [5.74, 6) is -1.93. The number of rotatable bonds is 13. The Kier molecular flexibility index (Phi) is 12.5. The fourth-order valence-corrected chi connectivity index (χ4v) is 4.93. The van der Waals surface area contributed by atoms with Crippen LogP contribution < -0.4 is 5.32 Å². The van der Waals surface area contributed by atoms with Gasteiger partial charge in [0.15, 0.2) is 5.82 Å². The lowest BCUT2D eigenvalue weighted by atomic mass is 10.1. The Morgan fingerprint density at radius 2 is 1.62 bits per heavy atom. The van der Waals surface area contributed by atoms with Crippen LogP contribution in [0.25, 0.3) is 11.4 Å². The number of carboxylic acids is 1. The zero-order valence-electron chi connectivity index (χ0n) is 23.6. The Hall–Kier alpha value is -4.20. The van der Waals surface area contributed by atoms with E-state index >= 15 is 0 Å². The van der Waals surface area contributed by atoms with Crippen molar-refractivity contribution in [3.05, 3.63) is 42.1 Å². The zero-order valence-corrected chi connectivity index (χ0v) is 24.4. The highest BCUT2D eigenvalue weighted by Gasteiger charge is 2.31. The van der Waals surface area contributed by atoms with Crippen LogP contribution in [-0.4, -0.2) is 106 Å². The van der Waals surface area contributed by atoms with E-state index in [0.29, 0.717) is 16.3 Å². The first kappa shape index (κ1) is 32.3. The van der Waals surface area contributed by atoms with Crippen molar-refractivity contribution >= 4 is 41.6 Å². The van der Waals surface area contributed by atoms with Gasteiger partial charge in [-0.2, -0.15) is 0 Å². The maximum absolute atomic E-state index is 13.4. The smallest absolute Gasteiger partial charge is 0.409 e. The molecule has 1 aromatic heterocycles. The summed E-state index contributed by atoms with van der Waals surface area (Å²) >= 11 is 1.26. The molecule has 1 aliphatic heterocycles. The van der Waals surface area contributed by atoms with Gasteiger partial charge in [-0.1, -0.05) is 30.3 Å². The number of nitrogens with one attached hydrogen (secondary N) is 1. The van der Waals surface area contributed by atoms with Gasteiger partial charge in [0.2, 0.25) is 5.91 Å². The summed E-state index contributed by atoms with van der Waals surface area (Å²) < 4.78 is 9.98. The van der Waals surface area contributed by atoms with Gasteiger partial charge in [-0.05, 0) is 20.3 Å². The van der Waals surface area contributed by atoms with E-state index in [-0.39, 0.29) is 76.1 Å². The molecule has 0 unspecified atom stereocenters. The number of aliphatic carboxylic acids is 1. The second-order valence-electron chi connectivity index (χ2n) is 9.15. The fourth-order valence-electron chi connectivity index (χ4n) is 4.11. The lowest BCUT2D eigenvalue weighted by Gasteiger charge is -2.35. The van der Waals surface area contributed by atoms with Gasteiger partial charge in [0.25, 0.3) is 5.91 Å². The molecule has 0 saturated carbocycles. The molecule has 1 saturated heterocycles. The first-order valence-electron chi connectivity index (χ1n) is 13.7. The minimum atomic E-state index is -1.13. The molecule has 42 heavy (non-hydrogen) atoms. The number of ether oxygens (including phenoxy) is 2. The summed E-state index contributed by atoms with van der Waals surface area (Å²) in [4.78, 5) is 73.9. The largest absolute Gasteiger partial charge is 0.481 e. The van der Waals surface area contributed by atoms with Gasteiger partial charge >= 0.3 is 18.0 Å². The van der Waals surface area contributed by atoms with Crippen LogP contribution >= 0.6 is 11.8 Å². The zero-order chi connectivity index (χ0) is 30.5. The topological polar surface area (TPSA) is 168 Å². The first-order valence-corrected chi connectivity index (χ1v) is 14.7. The van der Waals surface area contributed by atoms with Gasteiger partial charge in [-0.25, -0.2) is 14.8 Å². The van der Waals surface area contributed by atoms with Crippen LogP contribution in [0, 0.1) is 0 Å². The van der Waals surface area contributed by atoms with Crippen molar-refractivity contribution in [3.8, 4) is 11.4 Å². The summed E-state index contributed by atoms with van der Waals surface area (Å²) in [6.07, 6.45) is -0.780. The Morgan fingerprint density at radius 1 is 0.952 bits per heavy atom. The molecule has 1 fully saturated rings. The molecule has 0 spiro atoms. The lowest BCUT2D eigenvalue weighted by Crippen LogP contribution is -2.56. The number of amides is 3. The third-order valence-electron chi connectivity index (χ3n) is 6.20. The monoisotopic (exact) mass is 601 g/mol. The summed E-state index contributed by atoms with van der Waals surface area (Å²) in [7, 11) is 0. The Balaban J connectivity index is 1.78. The van der Waals surface area contributed by atoms with Gasteiger partial charge in [-0.15, -0.1) is 11.8 Å². The molecule has 0 bridgehead atoms. The normalized spacial score (nSPS) is 13.7. The van der Waals surface area contributed by atoms with Gasteiger partial charge in [0.05, 0.1) is 19.6 Å². The Morgan fingerprint density at radius 3 is 2.26 bits per heavy atom. The Labute approximate surface area is 248 Å². The van der Waals surface area contributed by atoms with Crippen molar-refractivity contribution in [2.75, 3.05) is 45.1 Å². The average Bonchev–Trinajstić information content (AvgIpc) is 2.99. The number of piperazine rings is 1. The summed E-state index contributed by atoms with van der Waals surface area (Å²) in [5, 5.41) is 12.4. The van der Waals surface area contributed by atoms with Crippen LogP contribution in [0.4, 0.5) is 4.79 Å². The summed E-state index contributed by atoms with van der Waals surface area (Å²) in [5.41, 5.74) is 0.653. The number of carbonyl (C=O) groups excluding carboxylic acids is 4. The molecule has 226 valence electrons. The van der Waals surface area contributed by atoms with Gasteiger partial charge < -0.3 is 29.7 Å². The predicted molar refractivity (Wildman–Crippen MR) is 153 cm³/mol. The predicted octanol–water partition coefficient (Wildman–Crippen LogP) is 2.45. The van der Waals surface area contributed by atoms with Crippen LogP contribution in [0.15, 0.2) is 41.4 Å². The maximum atomic E-state index is 13.4. The average molecular weight is 602 g/mol. The standard InChI is InChI=1S/C28H35N5O8S/c1-3-40-24(36)12-17-42-22-18-21(29-25(31-22)19-8-6-5-7-9-19)26(37)30-20(10-11-23(34)35)27(38)32-13-15-33(16-14-32)28(39)41-4-2/h5-9,18,20H,3-4,10-17H2,1-2H3,(H,30,37)(H,34,35)/t20-/m0/s1. The minimum absolute atomic E-state index is 0.0113. The van der Waals surface area contributed by atoms with Gasteiger partial charge in [-0.3, -0.25) is 19.2 Å². The van der Waals surface area contributed by atoms with Crippen LogP contribution in [0.2, 0.25) is 0 Å². The van der Waals surface area contributed by atoms with Crippen molar-refractivity contribution in [2.24, 2.45) is 0 Å². The second kappa shape index (κ2) is 16.3. The van der Waals surface area contributed by atoms with E-state index in [1.807, 2.05) is 6.07 Å². The number of thioether (sulfide) groups is 1. The number of benzene rings is 1. The molecular formula is C28H35N5O8S. The second-order valence-corrected chi connectivity index (χ2v) is 10.3. The fraction of sp³-hybridized carbons (Fsp3) is 0.464. The maximum Gasteiger partial charge on any atom is 0.409 e. The van der Waals surface area contributed by atoms with E-state index in [9.17, 15) is 29.1 Å². The van der Waals surface area contributed by atoms with Crippen molar-refractivity contribution in [1.82, 2.24) is 25.1 Å². The number of nitrogens with zero attached hydrogens (tertiary/aromatic N) is 4. The quantitative estimate of drug-likeness (QED) is 0.197. The molecule has 1 atom stereocenters. The molecule has 13 nitrogen and oxygen atoms in total. The van der Waals surface area contributed by atoms with Crippen LogP contribution in [-0.2, 0) is 23.9 Å². The van der Waals surface area contributed by atoms with E-state index in [1.54, 1.807) is 38.1 Å². The molecule has 14 heteroatoms. The highest BCUT2D eigenvalue weighted by atomic mass is 32.2. The molecule has 2 aromatic rings. The number of hydrogen-bond donors (Lipinski definition) is 2. The molecule has 2 heterocycles. The minimum Gasteiger partial charge on any atom is -0.481 e. The van der Waals surface area contributed by atoms with Crippen LogP contribution in [0.3, 0.4) is 0 Å². The van der Waals surface area contributed by atoms with Crippen molar-refractivity contribution < 1.29 is 38.6 Å². The van der Waals surface area contributed by atoms with Crippen LogP contribution in [0.5, 0.6) is 0 Å². The summed E-state index contributed by atoms with van der Waals surface area (Å²) in [6, 6.07) is 9.37. The highest BCUT2D eigenvalue weighted by molar-refractivity contribution is 7.99. The Bertz CT molecular complexity index is 1250. The number of aromatic nitrogens is 2. The van der Waals surface area contributed by atoms with E-state index in [1.165, 1.54) is 27.6 Å². The van der Waals surface area contributed by atoms with E-state index in [2.05, 4.69) is 15.3 Å². The van der Waals surface area contributed by atoms with E-state index < -0.39 is 29.9 Å². The number of carboxylic acid groups (broad SMARTS) is 1. The van der Waals surface area contributed by atoms with Gasteiger partial charge in [0.1, 0.15) is 16.8 Å². The molecule has 3 rings (SSSR count). The third kappa shape index (κ3) is 9.72. The van der Waals surface area contributed by atoms with Crippen LogP contribution in [0.1, 0.15) is 43.6 Å². The lowest BCUT2D eigenvalue weighted by molar-refractivity contribution is -0.142. The molecule has 2 N–H and O–H groups in total. The molecule has 0 radical (unpaired) electrons. The van der Waals surface area contributed by atoms with Crippen molar-refractivity contribution in [3.63, 3.8) is 0 Å². The number of hydrogen-bond acceptors (Lipinski definition) is 10. The number of carbonyl (C=O) groups is 5. The molecule has 1 aromatic carbocycles. The third-order valence-corrected chi connectivity index (χ3v) is 7.11. The molecule has 0 aliphatic carbocycles. The molecular weight excluding hydrogens is 566 g/mol. The van der Waals surface area contributed by atoms with Gasteiger partial charge in [0, 0.05) is 50.0 Å². The van der Waals surface area contributed by atoms with E-state index in [4.69, 9.17) is 9.47 Å². The SMILES string of the molecule is CCOC(=O)CCSc1cc(C(=O)N[C@@H](CCC(=O)O)C(=O)N2CCN(C(=O)OCC)CC2)nc(-c2ccccc2)n1. The van der Waals surface area contributed by atoms with Crippen molar-refractivity contribution in [2.45, 2.75) is 44.2 Å². The number of esters is 1. The highest BCUT2D eigenvalue weighted by Crippen LogP contribution is 2.23. The summed E-state index contributed by atoms with van der Waals surface area (Å²) in [6.45, 7) is 4.88. The van der Waals surface area contributed by atoms with E-state index in [0.717, 1.165) is 0 Å².